The second-order valence-corrected chi connectivity index (χ2v) is 5.03. The number of rotatable bonds is 2. The van der Waals surface area contributed by atoms with Crippen molar-refractivity contribution in [3.05, 3.63) is 53.3 Å². The second kappa shape index (κ2) is 5.31. The van der Waals surface area contributed by atoms with E-state index >= 15 is 0 Å². The molecule has 1 aromatic rings. The lowest BCUT2D eigenvalue weighted by molar-refractivity contribution is -0.113. The van der Waals surface area contributed by atoms with Gasteiger partial charge in [0, 0.05) is 24.0 Å². The average Bonchev–Trinajstić information content (AvgIpc) is 2.47. The van der Waals surface area contributed by atoms with Crippen molar-refractivity contribution >= 4 is 11.6 Å². The van der Waals surface area contributed by atoms with E-state index in [-0.39, 0.29) is 5.91 Å². The molecule has 3 nitrogen and oxygen atoms in total. The molecule has 1 aromatic carbocycles. The topological polar surface area (TPSA) is 41.1 Å². The first-order valence-electron chi connectivity index (χ1n) is 6.86. The standard InChI is InChI=1S/C16H18N2O/c19-16(18-13-7-2-1-3-8-13)15-11-17-10-12-6-4-5-9-14(12)15/h1-3,7-8,10,17H,4-6,9,11H2,(H,18,19). The van der Waals surface area contributed by atoms with E-state index in [2.05, 4.69) is 16.8 Å². The number of dihydropyridines is 1. The number of para-hydroxylation sites is 1. The quantitative estimate of drug-likeness (QED) is 0.852. The van der Waals surface area contributed by atoms with E-state index in [1.807, 2.05) is 30.3 Å². The molecule has 0 bridgehead atoms. The van der Waals surface area contributed by atoms with E-state index in [9.17, 15) is 4.79 Å². The van der Waals surface area contributed by atoms with Crippen LogP contribution in [0, 0.1) is 0 Å². The molecular weight excluding hydrogens is 236 g/mol. The van der Waals surface area contributed by atoms with Gasteiger partial charge in [-0.1, -0.05) is 18.2 Å². The van der Waals surface area contributed by atoms with Gasteiger partial charge in [0.05, 0.1) is 0 Å². The van der Waals surface area contributed by atoms with Gasteiger partial charge in [0.1, 0.15) is 0 Å². The number of carbonyl (C=O) groups is 1. The van der Waals surface area contributed by atoms with Gasteiger partial charge in [-0.05, 0) is 49.0 Å². The highest BCUT2D eigenvalue weighted by Gasteiger charge is 2.23. The van der Waals surface area contributed by atoms with Crippen LogP contribution in [0.25, 0.3) is 0 Å². The molecule has 3 heteroatoms. The Morgan fingerprint density at radius 2 is 1.89 bits per heavy atom. The summed E-state index contributed by atoms with van der Waals surface area (Å²) in [5, 5.41) is 6.20. The zero-order chi connectivity index (χ0) is 13.1. The van der Waals surface area contributed by atoms with Crippen molar-refractivity contribution in [1.29, 1.82) is 0 Å². The number of hydrogen-bond acceptors (Lipinski definition) is 2. The van der Waals surface area contributed by atoms with Crippen molar-refractivity contribution in [1.82, 2.24) is 5.32 Å². The van der Waals surface area contributed by atoms with Gasteiger partial charge in [0.15, 0.2) is 0 Å². The lowest BCUT2D eigenvalue weighted by Gasteiger charge is -2.26. The average molecular weight is 254 g/mol. The van der Waals surface area contributed by atoms with Crippen LogP contribution < -0.4 is 10.6 Å². The molecule has 19 heavy (non-hydrogen) atoms. The maximum absolute atomic E-state index is 12.4. The van der Waals surface area contributed by atoms with E-state index in [4.69, 9.17) is 0 Å². The first-order valence-corrected chi connectivity index (χ1v) is 6.86. The molecule has 2 N–H and O–H groups in total. The molecule has 0 spiro atoms. The van der Waals surface area contributed by atoms with E-state index in [0.717, 1.165) is 24.1 Å². The molecule has 1 amide bonds. The van der Waals surface area contributed by atoms with Gasteiger partial charge in [-0.3, -0.25) is 4.79 Å². The number of benzene rings is 1. The van der Waals surface area contributed by atoms with Crippen LogP contribution in [0.3, 0.4) is 0 Å². The third-order valence-electron chi connectivity index (χ3n) is 3.74. The Morgan fingerprint density at radius 1 is 1.11 bits per heavy atom. The Kier molecular flexibility index (Phi) is 3.36. The van der Waals surface area contributed by atoms with Crippen molar-refractivity contribution in [3.63, 3.8) is 0 Å². The molecule has 2 aliphatic rings. The molecule has 3 rings (SSSR count). The van der Waals surface area contributed by atoms with Crippen molar-refractivity contribution in [3.8, 4) is 0 Å². The van der Waals surface area contributed by atoms with Gasteiger partial charge in [0.25, 0.3) is 5.91 Å². The van der Waals surface area contributed by atoms with E-state index in [0.29, 0.717) is 6.54 Å². The summed E-state index contributed by atoms with van der Waals surface area (Å²) >= 11 is 0. The van der Waals surface area contributed by atoms with Crippen molar-refractivity contribution in [2.45, 2.75) is 25.7 Å². The Morgan fingerprint density at radius 3 is 2.74 bits per heavy atom. The fraction of sp³-hybridized carbons (Fsp3) is 0.312. The summed E-state index contributed by atoms with van der Waals surface area (Å²) in [5.41, 5.74) is 4.34. The number of amides is 1. The molecule has 0 atom stereocenters. The number of anilines is 1. The maximum atomic E-state index is 12.4. The minimum absolute atomic E-state index is 0.0289. The van der Waals surface area contributed by atoms with E-state index in [1.165, 1.54) is 24.0 Å². The Hall–Kier alpha value is -2.03. The zero-order valence-electron chi connectivity index (χ0n) is 10.9. The predicted octanol–water partition coefficient (Wildman–Crippen LogP) is 2.98. The van der Waals surface area contributed by atoms with Crippen LogP contribution in [0.5, 0.6) is 0 Å². The zero-order valence-corrected chi connectivity index (χ0v) is 10.9. The molecule has 1 aliphatic carbocycles. The summed E-state index contributed by atoms with van der Waals surface area (Å²) in [6, 6.07) is 9.63. The molecule has 0 saturated heterocycles. The van der Waals surface area contributed by atoms with Crippen molar-refractivity contribution < 1.29 is 4.79 Å². The van der Waals surface area contributed by atoms with Crippen molar-refractivity contribution in [2.24, 2.45) is 0 Å². The highest BCUT2D eigenvalue weighted by atomic mass is 16.1. The van der Waals surface area contributed by atoms with Crippen LogP contribution in [-0.4, -0.2) is 12.5 Å². The van der Waals surface area contributed by atoms with Crippen LogP contribution in [0.15, 0.2) is 53.3 Å². The molecule has 1 heterocycles. The Balaban J connectivity index is 1.82. The monoisotopic (exact) mass is 254 g/mol. The van der Waals surface area contributed by atoms with Gasteiger partial charge in [-0.2, -0.15) is 0 Å². The minimum Gasteiger partial charge on any atom is -0.386 e. The molecule has 98 valence electrons. The second-order valence-electron chi connectivity index (χ2n) is 5.03. The molecule has 1 aliphatic heterocycles. The summed E-state index contributed by atoms with van der Waals surface area (Å²) < 4.78 is 0. The predicted molar refractivity (Wildman–Crippen MR) is 76.7 cm³/mol. The normalized spacial score (nSPS) is 18.2. The smallest absolute Gasteiger partial charge is 0.253 e. The molecule has 1 saturated carbocycles. The van der Waals surface area contributed by atoms with Crippen LogP contribution in [0.4, 0.5) is 5.69 Å². The summed E-state index contributed by atoms with van der Waals surface area (Å²) in [7, 11) is 0. The van der Waals surface area contributed by atoms with Crippen LogP contribution in [-0.2, 0) is 4.79 Å². The van der Waals surface area contributed by atoms with Gasteiger partial charge < -0.3 is 10.6 Å². The molecular formula is C16H18N2O. The van der Waals surface area contributed by atoms with E-state index in [1.54, 1.807) is 0 Å². The minimum atomic E-state index is 0.0289. The van der Waals surface area contributed by atoms with Gasteiger partial charge in [-0.15, -0.1) is 0 Å². The van der Waals surface area contributed by atoms with Gasteiger partial charge in [-0.25, -0.2) is 0 Å². The highest BCUT2D eigenvalue weighted by Crippen LogP contribution is 2.32. The third-order valence-corrected chi connectivity index (χ3v) is 3.74. The fourth-order valence-electron chi connectivity index (χ4n) is 2.76. The van der Waals surface area contributed by atoms with Crippen LogP contribution in [0.1, 0.15) is 25.7 Å². The third kappa shape index (κ3) is 2.55. The molecule has 1 fully saturated rings. The number of carbonyl (C=O) groups excluding carboxylic acids is 1. The highest BCUT2D eigenvalue weighted by molar-refractivity contribution is 6.05. The summed E-state index contributed by atoms with van der Waals surface area (Å²) in [5.74, 6) is 0.0289. The van der Waals surface area contributed by atoms with E-state index < -0.39 is 0 Å². The fourth-order valence-corrected chi connectivity index (χ4v) is 2.76. The summed E-state index contributed by atoms with van der Waals surface area (Å²) in [4.78, 5) is 12.4. The number of hydrogen-bond donors (Lipinski definition) is 2. The SMILES string of the molecule is O=C(Nc1ccccc1)C1=C2CCCCC2=CNC1. The van der Waals surface area contributed by atoms with Crippen molar-refractivity contribution in [2.75, 3.05) is 11.9 Å². The van der Waals surface area contributed by atoms with Crippen LogP contribution >= 0.6 is 0 Å². The molecule has 0 radical (unpaired) electrons. The largest absolute Gasteiger partial charge is 0.386 e. The Bertz CT molecular complexity index is 543. The lowest BCUT2D eigenvalue weighted by atomic mass is 9.85. The number of fused-ring (bicyclic) bond motifs is 1. The summed E-state index contributed by atoms with van der Waals surface area (Å²) in [6.07, 6.45) is 6.61. The number of allylic oxidation sites excluding steroid dienone is 2. The maximum Gasteiger partial charge on any atom is 0.253 e. The van der Waals surface area contributed by atoms with Gasteiger partial charge in [0.2, 0.25) is 0 Å². The lowest BCUT2D eigenvalue weighted by Crippen LogP contribution is -2.28. The molecule has 0 unspecified atom stereocenters. The summed E-state index contributed by atoms with van der Waals surface area (Å²) in [6.45, 7) is 0.636. The Labute approximate surface area is 113 Å². The number of nitrogens with one attached hydrogen (secondary N) is 2. The molecule has 0 aromatic heterocycles. The van der Waals surface area contributed by atoms with Crippen LogP contribution in [0.2, 0.25) is 0 Å². The van der Waals surface area contributed by atoms with Gasteiger partial charge >= 0.3 is 0 Å². The first-order chi connectivity index (χ1) is 9.34. The first kappa shape index (κ1) is 12.0.